The third-order valence-corrected chi connectivity index (χ3v) is 7.62. The summed E-state index contributed by atoms with van der Waals surface area (Å²) >= 11 is 1.05. The molecule has 0 saturated heterocycles. The Kier molecular flexibility index (Phi) is 9.31. The van der Waals surface area contributed by atoms with E-state index in [1.807, 2.05) is 6.92 Å². The number of carbonyl (C=O) groups is 1. The average Bonchev–Trinajstić information content (AvgIpc) is 3.29. The van der Waals surface area contributed by atoms with E-state index in [-0.39, 0.29) is 39.5 Å². The molecule has 0 spiro atoms. The van der Waals surface area contributed by atoms with Crippen LogP contribution in [0, 0.1) is 10.1 Å². The van der Waals surface area contributed by atoms with E-state index in [4.69, 9.17) is 28.7 Å². The van der Waals surface area contributed by atoms with E-state index in [0.717, 1.165) is 11.3 Å². The number of thiazole rings is 1. The number of nitrogens with zero attached hydrogens (tertiary/aromatic N) is 3. The van der Waals surface area contributed by atoms with E-state index in [1.54, 1.807) is 25.1 Å². The molecule has 13 heteroatoms. The van der Waals surface area contributed by atoms with Gasteiger partial charge in [0.1, 0.15) is 17.5 Å². The van der Waals surface area contributed by atoms with E-state index in [0.29, 0.717) is 40.4 Å². The first-order chi connectivity index (χ1) is 20.2. The van der Waals surface area contributed by atoms with Gasteiger partial charge in [-0.25, -0.2) is 9.79 Å². The summed E-state index contributed by atoms with van der Waals surface area (Å²) in [6.45, 7) is 3.78. The molecule has 0 N–H and O–H groups in total. The molecule has 0 saturated carbocycles. The molecular formula is C29H31N3O9S. The Morgan fingerprint density at radius 2 is 1.74 bits per heavy atom. The van der Waals surface area contributed by atoms with Gasteiger partial charge < -0.3 is 23.7 Å². The highest BCUT2D eigenvalue weighted by molar-refractivity contribution is 7.07. The Morgan fingerprint density at radius 1 is 1.05 bits per heavy atom. The number of hydrogen-bond acceptors (Lipinski definition) is 11. The number of methoxy groups -OCH3 is 4. The fraction of sp³-hybridized carbons (Fsp3) is 0.345. The van der Waals surface area contributed by atoms with Crippen molar-refractivity contribution in [2.75, 3.05) is 35.0 Å². The molecule has 0 fully saturated rings. The lowest BCUT2D eigenvalue weighted by atomic mass is 9.93. The summed E-state index contributed by atoms with van der Waals surface area (Å²) in [5, 5.41) is 11.9. The second-order valence-electron chi connectivity index (χ2n) is 9.04. The van der Waals surface area contributed by atoms with Crippen LogP contribution in [0.2, 0.25) is 0 Å². The van der Waals surface area contributed by atoms with Crippen LogP contribution in [0.5, 0.6) is 23.0 Å². The number of esters is 1. The summed E-state index contributed by atoms with van der Waals surface area (Å²) < 4.78 is 28.7. The summed E-state index contributed by atoms with van der Waals surface area (Å²) in [6, 6.07) is 6.82. The van der Waals surface area contributed by atoms with Gasteiger partial charge in [-0.1, -0.05) is 24.7 Å². The quantitative estimate of drug-likeness (QED) is 0.184. The molecule has 1 aromatic heterocycles. The fourth-order valence-corrected chi connectivity index (χ4v) is 5.78. The normalized spacial score (nSPS) is 14.6. The molecule has 222 valence electrons. The Bertz CT molecular complexity index is 1740. The number of ether oxygens (including phenoxy) is 5. The number of fused-ring (bicyclic) bond motifs is 1. The summed E-state index contributed by atoms with van der Waals surface area (Å²) in [5.41, 5.74) is 0.542. The van der Waals surface area contributed by atoms with Gasteiger partial charge >= 0.3 is 5.97 Å². The van der Waals surface area contributed by atoms with Crippen LogP contribution in [0.3, 0.4) is 0 Å². The van der Waals surface area contributed by atoms with E-state index in [2.05, 4.69) is 0 Å². The zero-order valence-electron chi connectivity index (χ0n) is 24.1. The molecule has 1 aliphatic rings. The summed E-state index contributed by atoms with van der Waals surface area (Å²) in [7, 11) is 5.79. The number of rotatable bonds is 11. The number of aromatic nitrogens is 1. The number of allylic oxidation sites excluding steroid dienone is 1. The largest absolute Gasteiger partial charge is 0.497 e. The van der Waals surface area contributed by atoms with E-state index >= 15 is 0 Å². The van der Waals surface area contributed by atoms with Crippen LogP contribution in [-0.4, -0.2) is 50.5 Å². The Hall–Kier alpha value is -4.65. The Balaban J connectivity index is 2.09. The Morgan fingerprint density at radius 3 is 2.33 bits per heavy atom. The van der Waals surface area contributed by atoms with Crippen LogP contribution in [0.1, 0.15) is 43.9 Å². The average molecular weight is 598 g/mol. The van der Waals surface area contributed by atoms with Crippen LogP contribution >= 0.6 is 11.3 Å². The van der Waals surface area contributed by atoms with Crippen LogP contribution in [0.15, 0.2) is 51.4 Å². The van der Waals surface area contributed by atoms with Crippen molar-refractivity contribution in [3.8, 4) is 23.0 Å². The molecule has 2 aromatic carbocycles. The second-order valence-corrected chi connectivity index (χ2v) is 10.1. The third kappa shape index (κ3) is 5.59. The molecule has 0 radical (unpaired) electrons. The zero-order valence-corrected chi connectivity index (χ0v) is 24.9. The van der Waals surface area contributed by atoms with Crippen molar-refractivity contribution >= 4 is 29.1 Å². The third-order valence-electron chi connectivity index (χ3n) is 6.64. The van der Waals surface area contributed by atoms with Crippen molar-refractivity contribution in [1.29, 1.82) is 0 Å². The van der Waals surface area contributed by atoms with Gasteiger partial charge in [-0.15, -0.1) is 0 Å². The predicted molar refractivity (Wildman–Crippen MR) is 155 cm³/mol. The molecule has 2 heterocycles. The molecule has 12 nitrogen and oxygen atoms in total. The van der Waals surface area contributed by atoms with Crippen molar-refractivity contribution in [1.82, 2.24) is 4.57 Å². The predicted octanol–water partition coefficient (Wildman–Crippen LogP) is 3.52. The molecule has 0 bridgehead atoms. The minimum absolute atomic E-state index is 0.122. The molecule has 3 aromatic rings. The van der Waals surface area contributed by atoms with Gasteiger partial charge in [0.2, 0.25) is 0 Å². The highest BCUT2D eigenvalue weighted by Gasteiger charge is 2.36. The maximum atomic E-state index is 14.1. The standard InChI is InChI=1S/C29H31N3O9S/c1-7-9-19-25(28(34)41-8-2)26(18-14-17(37-3)10-11-21(18)38-4)31-27(33)24(42-29(31)30-19)13-16-12-22(39-5)23(40-6)15-20(16)32(35)36/h10-15,26H,7-9H2,1-6H3/b24-13-/t26-/m1/s1. The maximum absolute atomic E-state index is 14.1. The number of hydrogen-bond donors (Lipinski definition) is 0. The SMILES string of the molecule is CCCC1=C(C(=O)OCC)[C@@H](c2cc(OC)ccc2OC)n2c(s/c(=C\c3cc(OC)c(OC)cc3[N+](=O)[O-])c2=O)=N1. The first-order valence-corrected chi connectivity index (χ1v) is 13.9. The number of nitro groups is 1. The minimum Gasteiger partial charge on any atom is -0.497 e. The first kappa shape index (κ1) is 30.3. The maximum Gasteiger partial charge on any atom is 0.338 e. The van der Waals surface area contributed by atoms with Gasteiger partial charge in [0, 0.05) is 5.56 Å². The molecule has 0 amide bonds. The van der Waals surface area contributed by atoms with Gasteiger partial charge in [-0.3, -0.25) is 19.5 Å². The van der Waals surface area contributed by atoms with Gasteiger partial charge in [-0.05, 0) is 43.7 Å². The van der Waals surface area contributed by atoms with Crippen molar-refractivity contribution < 1.29 is 33.4 Å². The molecule has 1 aliphatic heterocycles. The minimum atomic E-state index is -0.963. The van der Waals surface area contributed by atoms with Gasteiger partial charge in [-0.2, -0.15) is 0 Å². The van der Waals surface area contributed by atoms with E-state index in [1.165, 1.54) is 51.2 Å². The molecule has 0 aliphatic carbocycles. The molecule has 0 unspecified atom stereocenters. The van der Waals surface area contributed by atoms with Gasteiger partial charge in [0.05, 0.1) is 67.4 Å². The highest BCUT2D eigenvalue weighted by Crippen LogP contribution is 2.39. The van der Waals surface area contributed by atoms with Gasteiger partial charge in [0.25, 0.3) is 11.2 Å². The van der Waals surface area contributed by atoms with E-state index < -0.39 is 22.5 Å². The van der Waals surface area contributed by atoms with Crippen molar-refractivity contribution in [3.05, 3.63) is 82.5 Å². The monoisotopic (exact) mass is 597 g/mol. The smallest absolute Gasteiger partial charge is 0.338 e. The summed E-state index contributed by atoms with van der Waals surface area (Å²) in [4.78, 5) is 44.0. The number of carbonyl (C=O) groups excluding carboxylic acids is 1. The van der Waals surface area contributed by atoms with Crippen LogP contribution in [-0.2, 0) is 9.53 Å². The van der Waals surface area contributed by atoms with Gasteiger partial charge in [0.15, 0.2) is 16.3 Å². The second kappa shape index (κ2) is 12.9. The lowest BCUT2D eigenvalue weighted by Crippen LogP contribution is -2.40. The topological polar surface area (TPSA) is 141 Å². The first-order valence-electron chi connectivity index (χ1n) is 13.1. The number of nitro benzene ring substituents is 1. The lowest BCUT2D eigenvalue weighted by Gasteiger charge is -2.27. The van der Waals surface area contributed by atoms with Crippen molar-refractivity contribution in [2.45, 2.75) is 32.7 Å². The van der Waals surface area contributed by atoms with Crippen LogP contribution in [0.4, 0.5) is 5.69 Å². The fourth-order valence-electron chi connectivity index (χ4n) is 4.77. The van der Waals surface area contributed by atoms with Crippen molar-refractivity contribution in [3.63, 3.8) is 0 Å². The van der Waals surface area contributed by atoms with Crippen molar-refractivity contribution in [2.24, 2.45) is 4.99 Å². The summed E-state index contributed by atoms with van der Waals surface area (Å²) in [5.74, 6) is 0.744. The number of benzene rings is 2. The van der Waals surface area contributed by atoms with E-state index in [9.17, 15) is 19.7 Å². The highest BCUT2D eigenvalue weighted by atomic mass is 32.1. The lowest BCUT2D eigenvalue weighted by molar-refractivity contribution is -0.385. The molecular weight excluding hydrogens is 566 g/mol. The van der Waals surface area contributed by atoms with Crippen LogP contribution < -0.4 is 33.8 Å². The summed E-state index contributed by atoms with van der Waals surface area (Å²) in [6.07, 6.45) is 2.54. The molecule has 1 atom stereocenters. The molecule has 4 rings (SSSR count). The molecule has 42 heavy (non-hydrogen) atoms. The Labute approximate surface area is 245 Å². The zero-order chi connectivity index (χ0) is 30.6. The van der Waals surface area contributed by atoms with Crippen LogP contribution in [0.25, 0.3) is 6.08 Å².